The maximum atomic E-state index is 13.1. The zero-order valence-electron chi connectivity index (χ0n) is 14.7. The van der Waals surface area contributed by atoms with Gasteiger partial charge in [0.15, 0.2) is 5.13 Å². The van der Waals surface area contributed by atoms with Crippen molar-refractivity contribution in [1.29, 1.82) is 0 Å². The molecule has 0 fully saturated rings. The van der Waals surface area contributed by atoms with Gasteiger partial charge in [0.2, 0.25) is 5.91 Å². The number of thiazole rings is 1. The number of nitrogens with zero attached hydrogens (tertiary/aromatic N) is 1. The minimum Gasteiger partial charge on any atom is -0.302 e. The number of rotatable bonds is 4. The van der Waals surface area contributed by atoms with Gasteiger partial charge >= 0.3 is 0 Å². The molecule has 0 aliphatic rings. The Morgan fingerprint density at radius 3 is 2.59 bits per heavy atom. The van der Waals surface area contributed by atoms with E-state index in [2.05, 4.69) is 10.3 Å². The molecular formula is C22H17FN2OS. The van der Waals surface area contributed by atoms with Gasteiger partial charge < -0.3 is 5.32 Å². The number of anilines is 1. The molecule has 0 aliphatic heterocycles. The van der Waals surface area contributed by atoms with Crippen LogP contribution in [0.25, 0.3) is 22.0 Å². The van der Waals surface area contributed by atoms with Crippen LogP contribution in [0, 0.1) is 12.7 Å². The maximum Gasteiger partial charge on any atom is 0.230 e. The number of carbonyl (C=O) groups excluding carboxylic acids is 1. The zero-order chi connectivity index (χ0) is 18.8. The monoisotopic (exact) mass is 376 g/mol. The van der Waals surface area contributed by atoms with Gasteiger partial charge in [-0.1, -0.05) is 42.5 Å². The van der Waals surface area contributed by atoms with E-state index in [9.17, 15) is 9.18 Å². The molecule has 1 amide bonds. The fourth-order valence-corrected chi connectivity index (χ4v) is 3.96. The lowest BCUT2D eigenvalue weighted by Gasteiger charge is -2.06. The minimum absolute atomic E-state index is 0.106. The van der Waals surface area contributed by atoms with Gasteiger partial charge in [0.25, 0.3) is 0 Å². The summed E-state index contributed by atoms with van der Waals surface area (Å²) < 4.78 is 13.1. The van der Waals surface area contributed by atoms with E-state index >= 15 is 0 Å². The van der Waals surface area contributed by atoms with Crippen LogP contribution in [0.1, 0.15) is 10.4 Å². The molecule has 1 heterocycles. The third-order valence-electron chi connectivity index (χ3n) is 4.39. The van der Waals surface area contributed by atoms with Gasteiger partial charge in [0, 0.05) is 10.4 Å². The molecule has 27 heavy (non-hydrogen) atoms. The van der Waals surface area contributed by atoms with Gasteiger partial charge in [0.1, 0.15) is 5.82 Å². The highest BCUT2D eigenvalue weighted by molar-refractivity contribution is 7.16. The largest absolute Gasteiger partial charge is 0.302 e. The van der Waals surface area contributed by atoms with E-state index in [0.29, 0.717) is 5.13 Å². The van der Waals surface area contributed by atoms with E-state index in [1.165, 1.54) is 23.5 Å². The first-order valence-electron chi connectivity index (χ1n) is 8.60. The molecule has 0 radical (unpaired) electrons. The second-order valence-electron chi connectivity index (χ2n) is 6.29. The fraction of sp³-hybridized carbons (Fsp3) is 0.0909. The van der Waals surface area contributed by atoms with Crippen molar-refractivity contribution in [2.24, 2.45) is 0 Å². The number of halogens is 1. The van der Waals surface area contributed by atoms with Gasteiger partial charge in [-0.15, -0.1) is 11.3 Å². The number of amides is 1. The zero-order valence-corrected chi connectivity index (χ0v) is 15.5. The molecule has 0 aliphatic carbocycles. The first kappa shape index (κ1) is 17.4. The van der Waals surface area contributed by atoms with Crippen LogP contribution in [-0.2, 0) is 11.2 Å². The molecule has 4 rings (SSSR count). The summed E-state index contributed by atoms with van der Waals surface area (Å²) in [6.45, 7) is 1.94. The Balaban J connectivity index is 1.53. The second-order valence-corrected chi connectivity index (χ2v) is 7.50. The first-order valence-corrected chi connectivity index (χ1v) is 9.41. The van der Waals surface area contributed by atoms with Gasteiger partial charge in [-0.25, -0.2) is 9.37 Å². The van der Waals surface area contributed by atoms with E-state index in [4.69, 9.17) is 0 Å². The molecular weight excluding hydrogens is 359 g/mol. The molecule has 1 aromatic heterocycles. The van der Waals surface area contributed by atoms with Crippen molar-refractivity contribution in [2.45, 2.75) is 13.3 Å². The van der Waals surface area contributed by atoms with Crippen LogP contribution in [0.15, 0.2) is 66.7 Å². The number of hydrogen-bond acceptors (Lipinski definition) is 3. The molecule has 0 saturated heterocycles. The van der Waals surface area contributed by atoms with Crippen molar-refractivity contribution in [3.8, 4) is 11.3 Å². The van der Waals surface area contributed by atoms with Gasteiger partial charge in [0.05, 0.1) is 12.1 Å². The average molecular weight is 376 g/mol. The highest BCUT2D eigenvalue weighted by Gasteiger charge is 2.13. The van der Waals surface area contributed by atoms with E-state index < -0.39 is 0 Å². The molecule has 0 bridgehead atoms. The smallest absolute Gasteiger partial charge is 0.230 e. The lowest BCUT2D eigenvalue weighted by molar-refractivity contribution is -0.115. The summed E-state index contributed by atoms with van der Waals surface area (Å²) in [6.07, 6.45) is 0.284. The topological polar surface area (TPSA) is 42.0 Å². The molecule has 1 N–H and O–H groups in total. The highest BCUT2D eigenvalue weighted by Crippen LogP contribution is 2.30. The Kier molecular flexibility index (Phi) is 4.69. The summed E-state index contributed by atoms with van der Waals surface area (Å²) in [7, 11) is 0. The highest BCUT2D eigenvalue weighted by atomic mass is 32.1. The quantitative estimate of drug-likeness (QED) is 0.504. The van der Waals surface area contributed by atoms with Crippen LogP contribution < -0.4 is 5.32 Å². The molecule has 0 unspecified atom stereocenters. The van der Waals surface area contributed by atoms with E-state index in [1.807, 2.05) is 49.4 Å². The van der Waals surface area contributed by atoms with Crippen molar-refractivity contribution in [1.82, 2.24) is 4.98 Å². The number of hydrogen-bond donors (Lipinski definition) is 1. The van der Waals surface area contributed by atoms with Crippen molar-refractivity contribution >= 4 is 33.1 Å². The Labute approximate surface area is 160 Å². The molecule has 4 aromatic rings. The predicted molar refractivity (Wildman–Crippen MR) is 109 cm³/mol. The normalized spacial score (nSPS) is 10.9. The van der Waals surface area contributed by atoms with E-state index in [-0.39, 0.29) is 18.1 Å². The van der Waals surface area contributed by atoms with E-state index in [1.54, 1.807) is 12.1 Å². The van der Waals surface area contributed by atoms with Gasteiger partial charge in [-0.2, -0.15) is 0 Å². The summed E-state index contributed by atoms with van der Waals surface area (Å²) in [5.41, 5.74) is 2.58. The van der Waals surface area contributed by atoms with Crippen LogP contribution >= 0.6 is 11.3 Å². The Morgan fingerprint density at radius 2 is 1.78 bits per heavy atom. The molecule has 0 spiro atoms. The fourth-order valence-electron chi connectivity index (χ4n) is 3.11. The molecule has 3 aromatic carbocycles. The summed E-state index contributed by atoms with van der Waals surface area (Å²) in [6, 6.07) is 20.2. The Bertz CT molecular complexity index is 1110. The van der Waals surface area contributed by atoms with E-state index in [0.717, 1.165) is 32.5 Å². The minimum atomic E-state index is -0.282. The summed E-state index contributed by atoms with van der Waals surface area (Å²) in [5, 5.41) is 5.64. The third-order valence-corrected chi connectivity index (χ3v) is 5.28. The number of fused-ring (bicyclic) bond motifs is 1. The first-order chi connectivity index (χ1) is 13.1. The summed E-state index contributed by atoms with van der Waals surface area (Å²) in [5.74, 6) is -0.388. The number of nitrogens with one attached hydrogen (secondary N) is 1. The van der Waals surface area contributed by atoms with Crippen LogP contribution in [0.5, 0.6) is 0 Å². The summed E-state index contributed by atoms with van der Waals surface area (Å²) >= 11 is 1.42. The lowest BCUT2D eigenvalue weighted by Crippen LogP contribution is -2.14. The molecule has 3 nitrogen and oxygen atoms in total. The van der Waals surface area contributed by atoms with Gasteiger partial charge in [-0.05, 0) is 47.5 Å². The van der Waals surface area contributed by atoms with Crippen LogP contribution in [0.4, 0.5) is 9.52 Å². The average Bonchev–Trinajstić information content (AvgIpc) is 3.02. The second kappa shape index (κ2) is 7.29. The van der Waals surface area contributed by atoms with Crippen molar-refractivity contribution in [2.75, 3.05) is 5.32 Å². The van der Waals surface area contributed by atoms with Gasteiger partial charge in [-0.3, -0.25) is 4.79 Å². The van der Waals surface area contributed by atoms with Crippen LogP contribution in [-0.4, -0.2) is 10.9 Å². The molecule has 0 atom stereocenters. The standard InChI is InChI=1S/C22H17FN2OS/c1-14-21(16-9-11-18(23)12-10-16)25-22(27-14)24-20(26)13-17-7-4-6-15-5-2-3-8-19(15)17/h2-12H,13H2,1H3,(H,24,25,26). The molecule has 5 heteroatoms. The van der Waals surface area contributed by atoms with Crippen LogP contribution in [0.2, 0.25) is 0 Å². The SMILES string of the molecule is Cc1sc(NC(=O)Cc2cccc3ccccc23)nc1-c1ccc(F)cc1. The van der Waals surface area contributed by atoms with Crippen molar-refractivity contribution < 1.29 is 9.18 Å². The Hall–Kier alpha value is -3.05. The molecule has 0 saturated carbocycles. The maximum absolute atomic E-state index is 13.1. The molecule has 134 valence electrons. The number of aromatic nitrogens is 1. The lowest BCUT2D eigenvalue weighted by atomic mass is 10.0. The third kappa shape index (κ3) is 3.73. The van der Waals surface area contributed by atoms with Crippen molar-refractivity contribution in [3.05, 3.63) is 83.0 Å². The van der Waals surface area contributed by atoms with Crippen LogP contribution in [0.3, 0.4) is 0 Å². The number of carbonyl (C=O) groups is 1. The van der Waals surface area contributed by atoms with Crippen molar-refractivity contribution in [3.63, 3.8) is 0 Å². The predicted octanol–water partition coefficient (Wildman–Crippen LogP) is 5.59. The number of benzene rings is 3. The number of aryl methyl sites for hydroxylation is 1. The Morgan fingerprint density at radius 1 is 1.04 bits per heavy atom. The summed E-state index contributed by atoms with van der Waals surface area (Å²) in [4.78, 5) is 18.0.